The number of aryl methyl sites for hydroxylation is 2. The first-order chi connectivity index (χ1) is 11.0. The minimum atomic E-state index is 0.0998. The van der Waals surface area contributed by atoms with Gasteiger partial charge in [0, 0.05) is 36.6 Å². The third kappa shape index (κ3) is 3.20. The molecule has 5 heteroatoms. The molecule has 0 aliphatic heterocycles. The maximum atomic E-state index is 12.8. The van der Waals surface area contributed by atoms with E-state index in [1.54, 1.807) is 0 Å². The summed E-state index contributed by atoms with van der Waals surface area (Å²) in [4.78, 5) is 20.8. The molecule has 0 radical (unpaired) electrons. The summed E-state index contributed by atoms with van der Waals surface area (Å²) in [5.74, 6) is 0.475. The SMILES string of the molecule is Cc1nc2c(s1)CCC[C@@H]2CN(C)C(=O)c1cccn1C(C)C. The molecule has 124 valence electrons. The number of rotatable bonds is 4. The van der Waals surface area contributed by atoms with Gasteiger partial charge in [-0.2, -0.15) is 0 Å². The normalized spacial score (nSPS) is 17.3. The van der Waals surface area contributed by atoms with Gasteiger partial charge in [0.05, 0.1) is 10.7 Å². The summed E-state index contributed by atoms with van der Waals surface area (Å²) in [5.41, 5.74) is 2.01. The van der Waals surface area contributed by atoms with Crippen molar-refractivity contribution >= 4 is 17.2 Å². The molecule has 0 fully saturated rings. The van der Waals surface area contributed by atoms with E-state index in [9.17, 15) is 4.79 Å². The molecule has 2 aromatic heterocycles. The Morgan fingerprint density at radius 1 is 1.52 bits per heavy atom. The fourth-order valence-electron chi connectivity index (χ4n) is 3.44. The highest BCUT2D eigenvalue weighted by molar-refractivity contribution is 7.11. The summed E-state index contributed by atoms with van der Waals surface area (Å²) in [6.45, 7) is 7.02. The van der Waals surface area contributed by atoms with E-state index in [1.807, 2.05) is 46.2 Å². The van der Waals surface area contributed by atoms with Crippen molar-refractivity contribution < 1.29 is 4.79 Å². The molecular weight excluding hydrogens is 306 g/mol. The second kappa shape index (κ2) is 6.48. The Morgan fingerprint density at radius 2 is 2.30 bits per heavy atom. The van der Waals surface area contributed by atoms with Crippen molar-refractivity contribution in [3.63, 3.8) is 0 Å². The highest BCUT2D eigenvalue weighted by Crippen LogP contribution is 2.35. The zero-order chi connectivity index (χ0) is 16.6. The minimum absolute atomic E-state index is 0.0998. The first-order valence-corrected chi connectivity index (χ1v) is 9.17. The molecule has 0 bridgehead atoms. The Bertz CT molecular complexity index is 701. The van der Waals surface area contributed by atoms with Gasteiger partial charge in [0.1, 0.15) is 5.69 Å². The van der Waals surface area contributed by atoms with Gasteiger partial charge in [-0.05, 0) is 52.2 Å². The van der Waals surface area contributed by atoms with Crippen LogP contribution >= 0.6 is 11.3 Å². The maximum Gasteiger partial charge on any atom is 0.270 e. The monoisotopic (exact) mass is 331 g/mol. The van der Waals surface area contributed by atoms with Crippen LogP contribution in [-0.4, -0.2) is 34.0 Å². The smallest absolute Gasteiger partial charge is 0.270 e. The van der Waals surface area contributed by atoms with Crippen LogP contribution < -0.4 is 0 Å². The molecule has 3 rings (SSSR count). The van der Waals surface area contributed by atoms with Crippen LogP contribution in [0.25, 0.3) is 0 Å². The Labute approximate surface area is 142 Å². The molecule has 0 saturated carbocycles. The van der Waals surface area contributed by atoms with Gasteiger partial charge in [0.25, 0.3) is 5.91 Å². The van der Waals surface area contributed by atoms with Gasteiger partial charge in [-0.25, -0.2) is 4.98 Å². The predicted molar refractivity (Wildman–Crippen MR) is 94.3 cm³/mol. The van der Waals surface area contributed by atoms with E-state index >= 15 is 0 Å². The maximum absolute atomic E-state index is 12.8. The third-order valence-corrected chi connectivity index (χ3v) is 5.62. The van der Waals surface area contributed by atoms with Gasteiger partial charge < -0.3 is 9.47 Å². The summed E-state index contributed by atoms with van der Waals surface area (Å²) in [6.07, 6.45) is 5.45. The average molecular weight is 331 g/mol. The molecule has 4 nitrogen and oxygen atoms in total. The van der Waals surface area contributed by atoms with Gasteiger partial charge in [-0.15, -0.1) is 11.3 Å². The third-order valence-electron chi connectivity index (χ3n) is 4.57. The Morgan fingerprint density at radius 3 is 3.04 bits per heavy atom. The molecule has 1 aliphatic carbocycles. The molecule has 0 N–H and O–H groups in total. The average Bonchev–Trinajstić information content (AvgIpc) is 3.12. The number of hydrogen-bond acceptors (Lipinski definition) is 3. The molecule has 0 aromatic carbocycles. The molecular formula is C18H25N3OS. The van der Waals surface area contributed by atoms with Crippen molar-refractivity contribution in [3.05, 3.63) is 39.6 Å². The number of aromatic nitrogens is 2. The van der Waals surface area contributed by atoms with Gasteiger partial charge in [0.15, 0.2) is 0 Å². The lowest BCUT2D eigenvalue weighted by atomic mass is 9.90. The van der Waals surface area contributed by atoms with E-state index in [4.69, 9.17) is 4.98 Å². The summed E-state index contributed by atoms with van der Waals surface area (Å²) in [6, 6.07) is 4.15. The molecule has 0 spiro atoms. The molecule has 23 heavy (non-hydrogen) atoms. The van der Waals surface area contributed by atoms with Gasteiger partial charge >= 0.3 is 0 Å². The Hall–Kier alpha value is -1.62. The second-order valence-electron chi connectivity index (χ2n) is 6.71. The minimum Gasteiger partial charge on any atom is -0.341 e. The Kier molecular flexibility index (Phi) is 4.57. The zero-order valence-corrected chi connectivity index (χ0v) is 15.2. The molecule has 0 unspecified atom stereocenters. The van der Waals surface area contributed by atoms with Crippen LogP contribution in [0, 0.1) is 6.92 Å². The van der Waals surface area contributed by atoms with E-state index in [-0.39, 0.29) is 5.91 Å². The zero-order valence-electron chi connectivity index (χ0n) is 14.4. The summed E-state index contributed by atoms with van der Waals surface area (Å²) >= 11 is 1.81. The number of amides is 1. The number of carbonyl (C=O) groups excluding carboxylic acids is 1. The quantitative estimate of drug-likeness (QED) is 0.848. The van der Waals surface area contributed by atoms with Crippen LogP contribution in [0.15, 0.2) is 18.3 Å². The van der Waals surface area contributed by atoms with E-state index in [0.717, 1.165) is 30.1 Å². The number of thiazole rings is 1. The van der Waals surface area contributed by atoms with E-state index in [1.165, 1.54) is 17.0 Å². The van der Waals surface area contributed by atoms with Crippen LogP contribution in [0.1, 0.15) is 64.7 Å². The second-order valence-corrected chi connectivity index (χ2v) is 8.00. The van der Waals surface area contributed by atoms with Gasteiger partial charge in [0.2, 0.25) is 0 Å². The number of carbonyl (C=O) groups is 1. The lowest BCUT2D eigenvalue weighted by Crippen LogP contribution is -2.33. The van der Waals surface area contributed by atoms with Crippen molar-refractivity contribution in [3.8, 4) is 0 Å². The highest BCUT2D eigenvalue weighted by Gasteiger charge is 2.27. The van der Waals surface area contributed by atoms with Crippen LogP contribution in [0.2, 0.25) is 0 Å². The van der Waals surface area contributed by atoms with Crippen molar-refractivity contribution in [1.82, 2.24) is 14.5 Å². The number of hydrogen-bond donors (Lipinski definition) is 0. The number of nitrogens with zero attached hydrogens (tertiary/aromatic N) is 3. The summed E-state index contributed by atoms with van der Waals surface area (Å²) in [5, 5.41) is 1.14. The van der Waals surface area contributed by atoms with Crippen molar-refractivity contribution in [1.29, 1.82) is 0 Å². The predicted octanol–water partition coefficient (Wildman–Crippen LogP) is 4.03. The van der Waals surface area contributed by atoms with E-state index < -0.39 is 0 Å². The number of likely N-dealkylation sites (N-methyl/N-ethyl adjacent to an activating group) is 1. The van der Waals surface area contributed by atoms with E-state index in [0.29, 0.717) is 12.0 Å². The molecule has 2 heterocycles. The highest BCUT2D eigenvalue weighted by atomic mass is 32.1. The van der Waals surface area contributed by atoms with Crippen molar-refractivity contribution in [2.24, 2.45) is 0 Å². The van der Waals surface area contributed by atoms with Gasteiger partial charge in [-0.3, -0.25) is 4.79 Å². The van der Waals surface area contributed by atoms with Crippen molar-refractivity contribution in [2.45, 2.75) is 52.0 Å². The lowest BCUT2D eigenvalue weighted by molar-refractivity contribution is 0.0770. The molecule has 1 aliphatic rings. The van der Waals surface area contributed by atoms with Crippen LogP contribution in [0.3, 0.4) is 0 Å². The standard InChI is InChI=1S/C18H25N3OS/c1-12(2)21-10-6-8-15(21)18(22)20(4)11-14-7-5-9-16-17(14)19-13(3)23-16/h6,8,10,12,14H,5,7,9,11H2,1-4H3/t14-/m1/s1. The first kappa shape index (κ1) is 16.2. The lowest BCUT2D eigenvalue weighted by Gasteiger charge is -2.27. The van der Waals surface area contributed by atoms with Gasteiger partial charge in [-0.1, -0.05) is 0 Å². The fraction of sp³-hybridized carbons (Fsp3) is 0.556. The topological polar surface area (TPSA) is 38.1 Å². The fourth-order valence-corrected chi connectivity index (χ4v) is 4.51. The number of fused-ring (bicyclic) bond motifs is 1. The molecule has 1 amide bonds. The molecule has 0 saturated heterocycles. The molecule has 2 aromatic rings. The molecule has 1 atom stereocenters. The largest absolute Gasteiger partial charge is 0.341 e. The van der Waals surface area contributed by atoms with E-state index in [2.05, 4.69) is 20.8 Å². The van der Waals surface area contributed by atoms with Crippen LogP contribution in [0.5, 0.6) is 0 Å². The summed E-state index contributed by atoms with van der Waals surface area (Å²) < 4.78 is 2.04. The first-order valence-electron chi connectivity index (χ1n) is 8.36. The van der Waals surface area contributed by atoms with Crippen molar-refractivity contribution in [2.75, 3.05) is 13.6 Å². The van der Waals surface area contributed by atoms with Crippen LogP contribution in [0.4, 0.5) is 0 Å². The Balaban J connectivity index is 1.76. The summed E-state index contributed by atoms with van der Waals surface area (Å²) in [7, 11) is 1.91. The van der Waals surface area contributed by atoms with Crippen LogP contribution in [-0.2, 0) is 6.42 Å².